The van der Waals surface area contributed by atoms with Crippen LogP contribution in [0.1, 0.15) is 5.82 Å². The van der Waals surface area contributed by atoms with E-state index in [0.29, 0.717) is 11.0 Å². The van der Waals surface area contributed by atoms with Gasteiger partial charge in [0.1, 0.15) is 17.6 Å². The topological polar surface area (TPSA) is 50.1 Å². The zero-order valence-electron chi connectivity index (χ0n) is 8.17. The van der Waals surface area contributed by atoms with E-state index < -0.39 is 19.1 Å². The molecule has 0 aromatic carbocycles. The van der Waals surface area contributed by atoms with Crippen LogP contribution in [0.2, 0.25) is 5.15 Å². The summed E-state index contributed by atoms with van der Waals surface area (Å²) in [5.41, 5.74) is 0. The van der Waals surface area contributed by atoms with E-state index >= 15 is 0 Å². The number of rotatable bonds is 5. The lowest BCUT2D eigenvalue weighted by molar-refractivity contribution is -0.0478. The zero-order valence-corrected chi connectivity index (χ0v) is 8.93. The fourth-order valence-corrected chi connectivity index (χ4v) is 1.15. The number of aliphatic hydroxyl groups excluding tert-OH is 1. The van der Waals surface area contributed by atoms with E-state index in [1.165, 1.54) is 6.20 Å². The Labute approximate surface area is 90.9 Å². The Morgan fingerprint density at radius 2 is 2.33 bits per heavy atom. The van der Waals surface area contributed by atoms with Crippen LogP contribution >= 0.6 is 11.6 Å². The predicted octanol–water partition coefficient (Wildman–Crippen LogP) is 0.791. The highest BCUT2D eigenvalue weighted by Crippen LogP contribution is 2.11. The van der Waals surface area contributed by atoms with Crippen LogP contribution in [0.25, 0.3) is 0 Å². The molecule has 0 radical (unpaired) electrons. The van der Waals surface area contributed by atoms with Gasteiger partial charge in [0, 0.05) is 7.05 Å². The number of hydrogen-bond donors (Lipinski definition) is 2. The van der Waals surface area contributed by atoms with Crippen molar-refractivity contribution in [2.24, 2.45) is 7.05 Å². The number of aliphatic hydroxyl groups is 1. The maximum atomic E-state index is 12.6. The molecule has 0 spiro atoms. The van der Waals surface area contributed by atoms with Crippen LogP contribution in [0.3, 0.4) is 0 Å². The SMILES string of the molecule is Cn1c(Cl)cnc1CNCC(F)(F)CO. The fourth-order valence-electron chi connectivity index (χ4n) is 1.00. The summed E-state index contributed by atoms with van der Waals surface area (Å²) in [6, 6.07) is 0. The summed E-state index contributed by atoms with van der Waals surface area (Å²) in [4.78, 5) is 3.92. The molecule has 2 N–H and O–H groups in total. The summed E-state index contributed by atoms with van der Waals surface area (Å²) in [7, 11) is 1.69. The first-order valence-electron chi connectivity index (χ1n) is 4.32. The van der Waals surface area contributed by atoms with Gasteiger partial charge in [0.25, 0.3) is 5.92 Å². The standard InChI is InChI=1S/C8H12ClF2N3O/c1-14-6(9)2-13-7(14)3-12-4-8(10,11)5-15/h2,12,15H,3-5H2,1H3. The number of imidazole rings is 1. The second-order valence-corrected chi connectivity index (χ2v) is 3.56. The molecule has 1 heterocycles. The Bertz CT molecular complexity index is 330. The van der Waals surface area contributed by atoms with Gasteiger partial charge in [-0.15, -0.1) is 0 Å². The van der Waals surface area contributed by atoms with Gasteiger partial charge >= 0.3 is 0 Å². The van der Waals surface area contributed by atoms with Gasteiger partial charge in [0.2, 0.25) is 0 Å². The van der Waals surface area contributed by atoms with Gasteiger partial charge in [-0.3, -0.25) is 0 Å². The van der Waals surface area contributed by atoms with Crippen molar-refractivity contribution in [3.8, 4) is 0 Å². The molecule has 7 heteroatoms. The largest absolute Gasteiger partial charge is 0.390 e. The van der Waals surface area contributed by atoms with Crippen LogP contribution in [0.4, 0.5) is 8.78 Å². The minimum Gasteiger partial charge on any atom is -0.390 e. The number of halogens is 3. The fraction of sp³-hybridized carbons (Fsp3) is 0.625. The summed E-state index contributed by atoms with van der Waals surface area (Å²) in [5, 5.41) is 11.3. The molecule has 0 fully saturated rings. The molecule has 0 unspecified atom stereocenters. The lowest BCUT2D eigenvalue weighted by Crippen LogP contribution is -2.35. The molecule has 0 aliphatic carbocycles. The van der Waals surface area contributed by atoms with Crippen LogP contribution in [0.15, 0.2) is 6.20 Å². The van der Waals surface area contributed by atoms with Gasteiger partial charge in [-0.2, -0.15) is 0 Å². The summed E-state index contributed by atoms with van der Waals surface area (Å²) >= 11 is 5.71. The molecule has 1 rings (SSSR count). The number of alkyl halides is 2. The van der Waals surface area contributed by atoms with Gasteiger partial charge in [0.05, 0.1) is 19.3 Å². The Hall–Kier alpha value is -0.720. The van der Waals surface area contributed by atoms with Gasteiger partial charge in [0.15, 0.2) is 0 Å². The summed E-state index contributed by atoms with van der Waals surface area (Å²) in [5.74, 6) is -2.54. The van der Waals surface area contributed by atoms with Gasteiger partial charge in [-0.05, 0) is 0 Å². The molecular weight excluding hydrogens is 228 g/mol. The Balaban J connectivity index is 2.42. The Morgan fingerprint density at radius 3 is 2.80 bits per heavy atom. The first-order chi connectivity index (χ1) is 6.96. The van der Waals surface area contributed by atoms with Crippen molar-refractivity contribution in [3.63, 3.8) is 0 Å². The third kappa shape index (κ3) is 3.40. The Kier molecular flexibility index (Phi) is 4.01. The predicted molar refractivity (Wildman–Crippen MR) is 52.0 cm³/mol. The zero-order chi connectivity index (χ0) is 11.5. The highest BCUT2D eigenvalue weighted by atomic mass is 35.5. The molecule has 0 aliphatic rings. The van der Waals surface area contributed by atoms with Crippen LogP contribution in [-0.4, -0.2) is 33.7 Å². The highest BCUT2D eigenvalue weighted by Gasteiger charge is 2.26. The van der Waals surface area contributed by atoms with Gasteiger partial charge in [-0.25, -0.2) is 13.8 Å². The third-order valence-electron chi connectivity index (χ3n) is 1.93. The van der Waals surface area contributed by atoms with Crippen molar-refractivity contribution in [3.05, 3.63) is 17.2 Å². The van der Waals surface area contributed by atoms with Gasteiger partial charge < -0.3 is 15.0 Å². The highest BCUT2D eigenvalue weighted by molar-refractivity contribution is 6.29. The number of aromatic nitrogens is 2. The van der Waals surface area contributed by atoms with E-state index in [2.05, 4.69) is 10.3 Å². The van der Waals surface area contributed by atoms with Crippen molar-refractivity contribution in [2.45, 2.75) is 12.5 Å². The molecule has 86 valence electrons. The van der Waals surface area contributed by atoms with Crippen molar-refractivity contribution >= 4 is 11.6 Å². The van der Waals surface area contributed by atoms with E-state index in [9.17, 15) is 8.78 Å². The molecule has 0 atom stereocenters. The first-order valence-corrected chi connectivity index (χ1v) is 4.69. The smallest absolute Gasteiger partial charge is 0.282 e. The van der Waals surface area contributed by atoms with Crippen LogP contribution < -0.4 is 5.32 Å². The number of nitrogens with zero attached hydrogens (tertiary/aromatic N) is 2. The average molecular weight is 240 g/mol. The minimum absolute atomic E-state index is 0.179. The summed E-state index contributed by atoms with van der Waals surface area (Å²) < 4.78 is 26.8. The van der Waals surface area contributed by atoms with Gasteiger partial charge in [-0.1, -0.05) is 11.6 Å². The second-order valence-electron chi connectivity index (χ2n) is 3.17. The Morgan fingerprint density at radius 1 is 1.67 bits per heavy atom. The van der Waals surface area contributed by atoms with Crippen LogP contribution in [0.5, 0.6) is 0 Å². The maximum absolute atomic E-state index is 12.6. The van der Waals surface area contributed by atoms with Crippen LogP contribution in [-0.2, 0) is 13.6 Å². The molecule has 4 nitrogen and oxygen atoms in total. The average Bonchev–Trinajstić information content (AvgIpc) is 2.49. The molecule has 15 heavy (non-hydrogen) atoms. The molecule has 0 aliphatic heterocycles. The molecule has 0 saturated heterocycles. The van der Waals surface area contributed by atoms with E-state index in [0.717, 1.165) is 0 Å². The first kappa shape index (κ1) is 12.4. The molecule has 1 aromatic heterocycles. The summed E-state index contributed by atoms with van der Waals surface area (Å²) in [6.07, 6.45) is 1.45. The molecular formula is C8H12ClF2N3O. The van der Waals surface area contributed by atoms with Crippen molar-refractivity contribution in [2.75, 3.05) is 13.2 Å². The van der Waals surface area contributed by atoms with E-state index in [4.69, 9.17) is 16.7 Å². The normalized spacial score (nSPS) is 12.1. The molecule has 0 saturated carbocycles. The molecule has 0 bridgehead atoms. The number of nitrogens with one attached hydrogen (secondary N) is 1. The van der Waals surface area contributed by atoms with Crippen LogP contribution in [0, 0.1) is 0 Å². The van der Waals surface area contributed by atoms with Crippen molar-refractivity contribution in [1.29, 1.82) is 0 Å². The van der Waals surface area contributed by atoms with E-state index in [-0.39, 0.29) is 6.54 Å². The second kappa shape index (κ2) is 4.87. The van der Waals surface area contributed by atoms with Crippen molar-refractivity contribution < 1.29 is 13.9 Å². The van der Waals surface area contributed by atoms with E-state index in [1.807, 2.05) is 0 Å². The van der Waals surface area contributed by atoms with Crippen molar-refractivity contribution in [1.82, 2.24) is 14.9 Å². The molecule has 1 aromatic rings. The minimum atomic E-state index is -3.10. The lowest BCUT2D eigenvalue weighted by atomic mass is 10.3. The monoisotopic (exact) mass is 239 g/mol. The molecule has 0 amide bonds. The maximum Gasteiger partial charge on any atom is 0.282 e. The number of hydrogen-bond acceptors (Lipinski definition) is 3. The summed E-state index contributed by atoms with van der Waals surface area (Å²) in [6.45, 7) is -1.58. The third-order valence-corrected chi connectivity index (χ3v) is 2.28. The lowest BCUT2D eigenvalue weighted by Gasteiger charge is -2.13. The quantitative estimate of drug-likeness (QED) is 0.799. The van der Waals surface area contributed by atoms with E-state index in [1.54, 1.807) is 11.6 Å².